The van der Waals surface area contributed by atoms with Gasteiger partial charge in [-0.15, -0.1) is 0 Å². The second-order valence-electron chi connectivity index (χ2n) is 6.05. The standard InChI is InChI=1S/C17H20N6O2S/c1-11-8-15(20-12(2)19-11)26-10-16(24)22-4-6-23(7-5-22)17-14(9-18)21-13(3)25-17/h8H,4-7,10H2,1-3H3. The Morgan fingerprint density at radius 1 is 1.23 bits per heavy atom. The molecule has 2 aromatic rings. The zero-order valence-electron chi connectivity index (χ0n) is 15.0. The minimum absolute atomic E-state index is 0.0813. The Morgan fingerprint density at radius 2 is 1.96 bits per heavy atom. The molecule has 0 spiro atoms. The molecule has 0 radical (unpaired) electrons. The number of hydrogen-bond donors (Lipinski definition) is 0. The van der Waals surface area contributed by atoms with Crippen LogP contribution in [-0.4, -0.2) is 57.7 Å². The highest BCUT2D eigenvalue weighted by atomic mass is 32.2. The lowest BCUT2D eigenvalue weighted by Crippen LogP contribution is -2.49. The Bertz CT molecular complexity index is 831. The lowest BCUT2D eigenvalue weighted by Gasteiger charge is -2.34. The SMILES string of the molecule is Cc1cc(SCC(=O)N2CCN(c3oc(C)nc3C#N)CC2)nc(C)n1. The van der Waals surface area contributed by atoms with Gasteiger partial charge in [0.25, 0.3) is 0 Å². The molecule has 1 aliphatic rings. The van der Waals surface area contributed by atoms with Crippen molar-refractivity contribution in [2.24, 2.45) is 0 Å². The van der Waals surface area contributed by atoms with Gasteiger partial charge in [-0.25, -0.2) is 15.0 Å². The molecule has 1 saturated heterocycles. The highest BCUT2D eigenvalue weighted by molar-refractivity contribution is 7.99. The van der Waals surface area contributed by atoms with Crippen LogP contribution in [0.5, 0.6) is 0 Å². The number of thioether (sulfide) groups is 1. The van der Waals surface area contributed by atoms with Gasteiger partial charge in [-0.1, -0.05) is 11.8 Å². The van der Waals surface area contributed by atoms with Crippen LogP contribution >= 0.6 is 11.8 Å². The molecule has 136 valence electrons. The summed E-state index contributed by atoms with van der Waals surface area (Å²) in [5.74, 6) is 2.11. The maximum Gasteiger partial charge on any atom is 0.234 e. The van der Waals surface area contributed by atoms with E-state index in [1.54, 1.807) is 6.92 Å². The molecular formula is C17H20N6O2S. The van der Waals surface area contributed by atoms with Crippen LogP contribution in [-0.2, 0) is 4.79 Å². The lowest BCUT2D eigenvalue weighted by molar-refractivity contribution is -0.128. The summed E-state index contributed by atoms with van der Waals surface area (Å²) in [6.45, 7) is 7.89. The maximum atomic E-state index is 12.5. The van der Waals surface area contributed by atoms with Gasteiger partial charge in [0.15, 0.2) is 5.89 Å². The second kappa shape index (κ2) is 7.74. The molecule has 8 nitrogen and oxygen atoms in total. The monoisotopic (exact) mass is 372 g/mol. The fourth-order valence-electron chi connectivity index (χ4n) is 2.85. The summed E-state index contributed by atoms with van der Waals surface area (Å²) >= 11 is 1.43. The highest BCUT2D eigenvalue weighted by Gasteiger charge is 2.25. The van der Waals surface area contributed by atoms with Gasteiger partial charge >= 0.3 is 0 Å². The van der Waals surface area contributed by atoms with Crippen LogP contribution in [0.3, 0.4) is 0 Å². The number of anilines is 1. The van der Waals surface area contributed by atoms with Crippen molar-refractivity contribution in [1.29, 1.82) is 5.26 Å². The van der Waals surface area contributed by atoms with E-state index in [2.05, 4.69) is 21.0 Å². The van der Waals surface area contributed by atoms with Gasteiger partial charge in [-0.2, -0.15) is 5.26 Å². The van der Waals surface area contributed by atoms with Crippen molar-refractivity contribution in [1.82, 2.24) is 19.9 Å². The largest absolute Gasteiger partial charge is 0.424 e. The predicted octanol–water partition coefficient (Wildman–Crippen LogP) is 1.70. The van der Waals surface area contributed by atoms with Gasteiger partial charge in [0.2, 0.25) is 17.5 Å². The molecule has 2 aromatic heterocycles. The first kappa shape index (κ1) is 18.2. The van der Waals surface area contributed by atoms with Crippen molar-refractivity contribution in [3.8, 4) is 6.07 Å². The smallest absolute Gasteiger partial charge is 0.234 e. The van der Waals surface area contributed by atoms with E-state index < -0.39 is 0 Å². The van der Waals surface area contributed by atoms with Crippen molar-refractivity contribution in [3.05, 3.63) is 29.2 Å². The molecule has 0 N–H and O–H groups in total. The molecule has 0 atom stereocenters. The quantitative estimate of drug-likeness (QED) is 0.591. The Balaban J connectivity index is 1.54. The molecule has 9 heteroatoms. The first-order valence-corrected chi connectivity index (χ1v) is 9.30. The van der Waals surface area contributed by atoms with E-state index in [-0.39, 0.29) is 5.91 Å². The molecule has 0 saturated carbocycles. The Labute approximate surface area is 156 Å². The van der Waals surface area contributed by atoms with Crippen LogP contribution in [0.25, 0.3) is 0 Å². The number of amides is 1. The fraction of sp³-hybridized carbons (Fsp3) is 0.471. The number of rotatable bonds is 4. The topological polar surface area (TPSA) is 99.2 Å². The van der Waals surface area contributed by atoms with E-state index in [0.29, 0.717) is 55.2 Å². The predicted molar refractivity (Wildman–Crippen MR) is 97.0 cm³/mol. The lowest BCUT2D eigenvalue weighted by atomic mass is 10.3. The number of aromatic nitrogens is 3. The maximum absolute atomic E-state index is 12.5. The number of piperazine rings is 1. The van der Waals surface area contributed by atoms with E-state index in [0.717, 1.165) is 10.7 Å². The van der Waals surface area contributed by atoms with E-state index in [1.165, 1.54) is 11.8 Å². The van der Waals surface area contributed by atoms with Gasteiger partial charge in [0.05, 0.1) is 5.75 Å². The molecule has 0 aromatic carbocycles. The van der Waals surface area contributed by atoms with Crippen molar-refractivity contribution in [2.75, 3.05) is 36.8 Å². The van der Waals surface area contributed by atoms with Crippen molar-refractivity contribution in [3.63, 3.8) is 0 Å². The highest BCUT2D eigenvalue weighted by Crippen LogP contribution is 2.23. The zero-order chi connectivity index (χ0) is 18.7. The van der Waals surface area contributed by atoms with Gasteiger partial charge < -0.3 is 14.2 Å². The van der Waals surface area contributed by atoms with Gasteiger partial charge in [-0.05, 0) is 19.9 Å². The third-order valence-corrected chi connectivity index (χ3v) is 4.92. The summed E-state index contributed by atoms with van der Waals surface area (Å²) in [6.07, 6.45) is 0. The molecular weight excluding hydrogens is 352 g/mol. The molecule has 0 aliphatic carbocycles. The van der Waals surface area contributed by atoms with E-state index in [9.17, 15) is 4.79 Å². The second-order valence-corrected chi connectivity index (χ2v) is 7.05. The minimum Gasteiger partial charge on any atom is -0.424 e. The van der Waals surface area contributed by atoms with Crippen molar-refractivity contribution in [2.45, 2.75) is 25.8 Å². The van der Waals surface area contributed by atoms with Crippen LogP contribution in [0.2, 0.25) is 0 Å². The molecule has 26 heavy (non-hydrogen) atoms. The van der Waals surface area contributed by atoms with Crippen LogP contribution in [0.1, 0.15) is 23.1 Å². The first-order valence-electron chi connectivity index (χ1n) is 8.31. The Hall–Kier alpha value is -2.60. The van der Waals surface area contributed by atoms with Crippen LogP contribution in [0.4, 0.5) is 5.88 Å². The molecule has 3 rings (SSSR count). The summed E-state index contributed by atoms with van der Waals surface area (Å²) in [6, 6.07) is 3.94. The van der Waals surface area contributed by atoms with Gasteiger partial charge in [-0.3, -0.25) is 4.79 Å². The van der Waals surface area contributed by atoms with Crippen LogP contribution in [0, 0.1) is 32.1 Å². The normalized spacial score (nSPS) is 14.4. The number of oxazole rings is 1. The molecule has 0 bridgehead atoms. The minimum atomic E-state index is 0.0813. The van der Waals surface area contributed by atoms with E-state index in [4.69, 9.17) is 9.68 Å². The number of carbonyl (C=O) groups is 1. The van der Waals surface area contributed by atoms with Crippen LogP contribution in [0.15, 0.2) is 15.5 Å². The third kappa shape index (κ3) is 4.14. The van der Waals surface area contributed by atoms with Gasteiger partial charge in [0.1, 0.15) is 16.9 Å². The molecule has 1 aliphatic heterocycles. The first-order chi connectivity index (χ1) is 12.5. The summed E-state index contributed by atoms with van der Waals surface area (Å²) in [5, 5.41) is 9.96. The summed E-state index contributed by atoms with van der Waals surface area (Å²) in [4.78, 5) is 28.9. The summed E-state index contributed by atoms with van der Waals surface area (Å²) in [7, 11) is 0. The average molecular weight is 372 g/mol. The number of aryl methyl sites for hydroxylation is 3. The van der Waals surface area contributed by atoms with Gasteiger partial charge in [0, 0.05) is 38.8 Å². The number of hydrogen-bond acceptors (Lipinski definition) is 8. The average Bonchev–Trinajstić information content (AvgIpc) is 3.00. The van der Waals surface area contributed by atoms with Crippen molar-refractivity contribution >= 4 is 23.6 Å². The van der Waals surface area contributed by atoms with Crippen LogP contribution < -0.4 is 4.90 Å². The molecule has 1 fully saturated rings. The Morgan fingerprint density at radius 3 is 2.62 bits per heavy atom. The summed E-state index contributed by atoms with van der Waals surface area (Å²) in [5.41, 5.74) is 1.20. The Kier molecular flexibility index (Phi) is 5.42. The fourth-order valence-corrected chi connectivity index (χ4v) is 3.75. The molecule has 1 amide bonds. The third-order valence-electron chi connectivity index (χ3n) is 4.03. The summed E-state index contributed by atoms with van der Waals surface area (Å²) < 4.78 is 5.54. The van der Waals surface area contributed by atoms with Crippen molar-refractivity contribution < 1.29 is 9.21 Å². The number of nitriles is 1. The van der Waals surface area contributed by atoms with E-state index in [1.807, 2.05) is 29.7 Å². The zero-order valence-corrected chi connectivity index (χ0v) is 15.8. The number of carbonyl (C=O) groups excluding carboxylic acids is 1. The molecule has 3 heterocycles. The molecule has 0 unspecified atom stereocenters. The van der Waals surface area contributed by atoms with E-state index >= 15 is 0 Å². The number of nitrogens with zero attached hydrogens (tertiary/aromatic N) is 6.